The molecule has 0 saturated heterocycles. The van der Waals surface area contributed by atoms with E-state index in [0.29, 0.717) is 5.56 Å². The van der Waals surface area contributed by atoms with Crippen LogP contribution < -0.4 is 5.32 Å². The Kier molecular flexibility index (Phi) is 8.43. The molecule has 1 N–H and O–H groups in total. The summed E-state index contributed by atoms with van der Waals surface area (Å²) in [7, 11) is 1.76. The Morgan fingerprint density at radius 3 is 1.95 bits per heavy atom. The van der Waals surface area contributed by atoms with Crippen LogP contribution in [0.25, 0.3) is 0 Å². The van der Waals surface area contributed by atoms with E-state index >= 15 is 0 Å². The predicted molar refractivity (Wildman–Crippen MR) is 80.7 cm³/mol. The number of halogens is 3. The summed E-state index contributed by atoms with van der Waals surface area (Å²) in [6, 6.07) is 2.03. The van der Waals surface area contributed by atoms with E-state index in [2.05, 4.69) is 12.2 Å². The van der Waals surface area contributed by atoms with Crippen LogP contribution in [-0.4, -0.2) is 7.05 Å². The van der Waals surface area contributed by atoms with Crippen molar-refractivity contribution in [1.29, 1.82) is 0 Å². The van der Waals surface area contributed by atoms with Crippen LogP contribution in [0.2, 0.25) is 0 Å². The second-order valence-electron chi connectivity index (χ2n) is 5.55. The smallest absolute Gasteiger partial charge is 0.194 e. The van der Waals surface area contributed by atoms with E-state index in [0.717, 1.165) is 31.4 Å². The lowest BCUT2D eigenvalue weighted by Crippen LogP contribution is -2.17. The molecule has 120 valence electrons. The highest BCUT2D eigenvalue weighted by Gasteiger charge is 2.15. The largest absolute Gasteiger partial charge is 0.313 e. The third-order valence-electron chi connectivity index (χ3n) is 3.85. The quantitative estimate of drug-likeness (QED) is 0.444. The Morgan fingerprint density at radius 2 is 1.43 bits per heavy atom. The fraction of sp³-hybridized carbons (Fsp3) is 0.647. The maximum absolute atomic E-state index is 13.3. The summed E-state index contributed by atoms with van der Waals surface area (Å²) >= 11 is 0. The standard InChI is InChI=1S/C17H26F3N/c1-3-4-5-6-7-8-9-10-16(21-2)13-11-14(18)17(20)15(19)12-13/h11-12,16,21H,3-10H2,1-2H3. The molecule has 0 radical (unpaired) electrons. The lowest BCUT2D eigenvalue weighted by molar-refractivity contribution is 0.436. The third-order valence-corrected chi connectivity index (χ3v) is 3.85. The molecule has 0 aromatic heterocycles. The van der Waals surface area contributed by atoms with Gasteiger partial charge in [0.25, 0.3) is 0 Å². The summed E-state index contributed by atoms with van der Waals surface area (Å²) in [6.45, 7) is 2.19. The predicted octanol–water partition coefficient (Wildman–Crippen LogP) is 5.51. The molecular weight excluding hydrogens is 275 g/mol. The summed E-state index contributed by atoms with van der Waals surface area (Å²) in [6.07, 6.45) is 9.17. The molecule has 1 aromatic carbocycles. The fourth-order valence-corrected chi connectivity index (χ4v) is 2.56. The van der Waals surface area contributed by atoms with Gasteiger partial charge in [0.15, 0.2) is 17.5 Å². The second kappa shape index (κ2) is 9.82. The normalized spacial score (nSPS) is 12.6. The van der Waals surface area contributed by atoms with Gasteiger partial charge in [0.1, 0.15) is 0 Å². The minimum atomic E-state index is -1.40. The molecule has 21 heavy (non-hydrogen) atoms. The Balaban J connectivity index is 2.41. The van der Waals surface area contributed by atoms with Crippen LogP contribution in [0, 0.1) is 17.5 Å². The van der Waals surface area contributed by atoms with Gasteiger partial charge in [-0.15, -0.1) is 0 Å². The Morgan fingerprint density at radius 1 is 0.905 bits per heavy atom. The summed E-state index contributed by atoms with van der Waals surface area (Å²) in [5.41, 5.74) is 0.472. The van der Waals surface area contributed by atoms with Crippen LogP contribution >= 0.6 is 0 Å². The molecule has 0 spiro atoms. The van der Waals surface area contributed by atoms with Gasteiger partial charge in [0.2, 0.25) is 0 Å². The molecule has 0 aliphatic heterocycles. The SMILES string of the molecule is CCCCCCCCCC(NC)c1cc(F)c(F)c(F)c1. The van der Waals surface area contributed by atoms with Crippen molar-refractivity contribution < 1.29 is 13.2 Å². The van der Waals surface area contributed by atoms with E-state index in [1.807, 2.05) is 0 Å². The molecule has 1 atom stereocenters. The van der Waals surface area contributed by atoms with Gasteiger partial charge in [-0.2, -0.15) is 0 Å². The maximum Gasteiger partial charge on any atom is 0.194 e. The van der Waals surface area contributed by atoms with Crippen LogP contribution in [-0.2, 0) is 0 Å². The van der Waals surface area contributed by atoms with Gasteiger partial charge in [-0.25, -0.2) is 13.2 Å². The molecule has 1 unspecified atom stereocenters. The number of rotatable bonds is 10. The second-order valence-corrected chi connectivity index (χ2v) is 5.55. The van der Waals surface area contributed by atoms with Crippen molar-refractivity contribution in [2.75, 3.05) is 7.05 Å². The van der Waals surface area contributed by atoms with Gasteiger partial charge in [-0.3, -0.25) is 0 Å². The summed E-state index contributed by atoms with van der Waals surface area (Å²) in [4.78, 5) is 0. The van der Waals surface area contributed by atoms with Crippen molar-refractivity contribution in [3.8, 4) is 0 Å². The first kappa shape index (κ1) is 18.0. The highest BCUT2D eigenvalue weighted by molar-refractivity contribution is 5.22. The number of hydrogen-bond donors (Lipinski definition) is 1. The number of nitrogens with one attached hydrogen (secondary N) is 1. The van der Waals surface area contributed by atoms with Crippen LogP contribution in [0.5, 0.6) is 0 Å². The molecule has 0 fully saturated rings. The van der Waals surface area contributed by atoms with Gasteiger partial charge >= 0.3 is 0 Å². The van der Waals surface area contributed by atoms with Gasteiger partial charge in [0.05, 0.1) is 0 Å². The van der Waals surface area contributed by atoms with Gasteiger partial charge in [-0.1, -0.05) is 51.9 Å². The van der Waals surface area contributed by atoms with E-state index in [-0.39, 0.29) is 6.04 Å². The first-order valence-corrected chi connectivity index (χ1v) is 7.91. The number of benzene rings is 1. The molecule has 0 amide bonds. The lowest BCUT2D eigenvalue weighted by atomic mass is 9.99. The van der Waals surface area contributed by atoms with E-state index in [1.165, 1.54) is 32.1 Å². The fourth-order valence-electron chi connectivity index (χ4n) is 2.56. The Bertz CT molecular complexity index is 397. The van der Waals surface area contributed by atoms with E-state index in [4.69, 9.17) is 0 Å². The minimum Gasteiger partial charge on any atom is -0.313 e. The Labute approximate surface area is 125 Å². The van der Waals surface area contributed by atoms with Gasteiger partial charge < -0.3 is 5.32 Å². The molecule has 0 heterocycles. The molecule has 0 saturated carbocycles. The third kappa shape index (κ3) is 6.08. The monoisotopic (exact) mass is 301 g/mol. The minimum absolute atomic E-state index is 0.134. The van der Waals surface area contributed by atoms with Crippen molar-refractivity contribution in [1.82, 2.24) is 5.32 Å². The van der Waals surface area contributed by atoms with Gasteiger partial charge in [-0.05, 0) is 31.2 Å². The molecule has 1 rings (SSSR count). The first-order valence-electron chi connectivity index (χ1n) is 7.91. The molecule has 0 aliphatic rings. The topological polar surface area (TPSA) is 12.0 Å². The van der Waals surface area contributed by atoms with Crippen molar-refractivity contribution in [3.05, 3.63) is 35.1 Å². The summed E-state index contributed by atoms with van der Waals surface area (Å²) < 4.78 is 39.5. The van der Waals surface area contributed by atoms with E-state index < -0.39 is 17.5 Å². The van der Waals surface area contributed by atoms with Crippen molar-refractivity contribution in [2.24, 2.45) is 0 Å². The van der Waals surface area contributed by atoms with Gasteiger partial charge in [0, 0.05) is 6.04 Å². The number of hydrogen-bond acceptors (Lipinski definition) is 1. The first-order chi connectivity index (χ1) is 10.1. The van der Waals surface area contributed by atoms with E-state index in [9.17, 15) is 13.2 Å². The molecule has 4 heteroatoms. The Hall–Kier alpha value is -1.03. The van der Waals surface area contributed by atoms with Crippen molar-refractivity contribution >= 4 is 0 Å². The van der Waals surface area contributed by atoms with Crippen LogP contribution in [0.1, 0.15) is 69.9 Å². The number of unbranched alkanes of at least 4 members (excludes halogenated alkanes) is 6. The summed E-state index contributed by atoms with van der Waals surface area (Å²) in [5.74, 6) is -3.64. The average Bonchev–Trinajstić information content (AvgIpc) is 2.47. The average molecular weight is 301 g/mol. The van der Waals surface area contributed by atoms with Crippen molar-refractivity contribution in [3.63, 3.8) is 0 Å². The van der Waals surface area contributed by atoms with E-state index in [1.54, 1.807) is 7.05 Å². The highest BCUT2D eigenvalue weighted by Crippen LogP contribution is 2.23. The van der Waals surface area contributed by atoms with Crippen molar-refractivity contribution in [2.45, 2.75) is 64.3 Å². The lowest BCUT2D eigenvalue weighted by Gasteiger charge is -2.17. The molecule has 1 aromatic rings. The highest BCUT2D eigenvalue weighted by atomic mass is 19.2. The zero-order chi connectivity index (χ0) is 15.7. The molecule has 0 aliphatic carbocycles. The maximum atomic E-state index is 13.3. The van der Waals surface area contributed by atoms with Crippen LogP contribution in [0.3, 0.4) is 0 Å². The molecule has 1 nitrogen and oxygen atoms in total. The molecule has 0 bridgehead atoms. The summed E-state index contributed by atoms with van der Waals surface area (Å²) in [5, 5.41) is 3.05. The van der Waals surface area contributed by atoms with Crippen LogP contribution in [0.15, 0.2) is 12.1 Å². The zero-order valence-electron chi connectivity index (χ0n) is 13.0. The molecular formula is C17H26F3N. The van der Waals surface area contributed by atoms with Crippen LogP contribution in [0.4, 0.5) is 13.2 Å². The zero-order valence-corrected chi connectivity index (χ0v) is 13.0.